The van der Waals surface area contributed by atoms with Crippen LogP contribution in [0.25, 0.3) is 22.0 Å². The molecule has 1 heterocycles. The molecule has 3 rings (SSSR count). The summed E-state index contributed by atoms with van der Waals surface area (Å²) >= 11 is 9.83. The van der Waals surface area contributed by atoms with Gasteiger partial charge < -0.3 is 14.5 Å². The second-order valence-corrected chi connectivity index (χ2v) is 6.41. The van der Waals surface area contributed by atoms with Crippen molar-refractivity contribution in [1.29, 1.82) is 0 Å². The molecule has 0 saturated carbocycles. The van der Waals surface area contributed by atoms with Gasteiger partial charge in [0.2, 0.25) is 0 Å². The van der Waals surface area contributed by atoms with E-state index in [1.807, 2.05) is 24.3 Å². The Balaban J connectivity index is 2.14. The maximum absolute atomic E-state index is 12.4. The standard InChI is InChI=1S/C18H14BrClN2O3/c1-24-15-8-11-14(9-16(15)25-2)21-17(22-18(11)23)13(20)7-10-5-3-4-6-12(10)19/h3-9H,1-2H3,(H,21,22,23)/b13-7-. The Bertz CT molecular complexity index is 1030. The van der Waals surface area contributed by atoms with Gasteiger partial charge in [0.15, 0.2) is 17.3 Å². The Morgan fingerprint density at radius 1 is 1.20 bits per heavy atom. The Kier molecular flexibility index (Phi) is 5.11. The van der Waals surface area contributed by atoms with Crippen LogP contribution in [0.2, 0.25) is 0 Å². The molecule has 2 aromatic carbocycles. The third-order valence-electron chi connectivity index (χ3n) is 3.62. The van der Waals surface area contributed by atoms with E-state index in [1.54, 1.807) is 18.2 Å². The molecule has 7 heteroatoms. The molecule has 0 aliphatic heterocycles. The normalized spacial score (nSPS) is 11.6. The number of rotatable bonds is 4. The number of ether oxygens (including phenoxy) is 2. The molecule has 1 aromatic heterocycles. The highest BCUT2D eigenvalue weighted by atomic mass is 79.9. The minimum Gasteiger partial charge on any atom is -0.493 e. The van der Waals surface area contributed by atoms with Gasteiger partial charge in [-0.3, -0.25) is 4.79 Å². The third-order valence-corrected chi connectivity index (χ3v) is 4.63. The van der Waals surface area contributed by atoms with Gasteiger partial charge in [0, 0.05) is 10.5 Å². The first-order valence-corrected chi connectivity index (χ1v) is 8.48. The number of aromatic nitrogens is 2. The molecule has 1 N–H and O–H groups in total. The fourth-order valence-corrected chi connectivity index (χ4v) is 2.98. The van der Waals surface area contributed by atoms with Crippen molar-refractivity contribution in [2.45, 2.75) is 0 Å². The number of halogens is 2. The average molecular weight is 422 g/mol. The zero-order chi connectivity index (χ0) is 18.0. The predicted molar refractivity (Wildman–Crippen MR) is 103 cm³/mol. The number of benzene rings is 2. The van der Waals surface area contributed by atoms with Gasteiger partial charge in [-0.25, -0.2) is 4.98 Å². The van der Waals surface area contributed by atoms with Crippen LogP contribution in [0.5, 0.6) is 11.5 Å². The number of hydrogen-bond donors (Lipinski definition) is 1. The number of nitrogens with one attached hydrogen (secondary N) is 1. The van der Waals surface area contributed by atoms with Crippen LogP contribution in [0.4, 0.5) is 0 Å². The molecule has 0 unspecified atom stereocenters. The lowest BCUT2D eigenvalue weighted by molar-refractivity contribution is 0.355. The molecule has 3 aromatic rings. The zero-order valence-electron chi connectivity index (χ0n) is 13.5. The fourth-order valence-electron chi connectivity index (χ4n) is 2.38. The molecule has 0 amide bonds. The van der Waals surface area contributed by atoms with Crippen LogP contribution in [-0.4, -0.2) is 24.2 Å². The first-order valence-electron chi connectivity index (χ1n) is 7.31. The lowest BCUT2D eigenvalue weighted by Crippen LogP contribution is -2.11. The van der Waals surface area contributed by atoms with E-state index in [-0.39, 0.29) is 11.4 Å². The van der Waals surface area contributed by atoms with Gasteiger partial charge >= 0.3 is 0 Å². The number of fused-ring (bicyclic) bond motifs is 1. The molecule has 0 radical (unpaired) electrons. The van der Waals surface area contributed by atoms with Crippen LogP contribution >= 0.6 is 27.5 Å². The summed E-state index contributed by atoms with van der Waals surface area (Å²) in [6.45, 7) is 0. The van der Waals surface area contributed by atoms with Crippen LogP contribution < -0.4 is 15.0 Å². The minimum absolute atomic E-state index is 0.280. The molecule has 0 atom stereocenters. The number of nitrogens with zero attached hydrogens (tertiary/aromatic N) is 1. The second-order valence-electron chi connectivity index (χ2n) is 5.15. The van der Waals surface area contributed by atoms with E-state index in [2.05, 4.69) is 25.9 Å². The van der Waals surface area contributed by atoms with Crippen LogP contribution in [0.1, 0.15) is 11.4 Å². The SMILES string of the molecule is COc1cc2nc(/C(Cl)=C/c3ccccc3Br)[nH]c(=O)c2cc1OC. The molecular weight excluding hydrogens is 408 g/mol. The lowest BCUT2D eigenvalue weighted by Gasteiger charge is -2.09. The number of methoxy groups -OCH3 is 2. The number of aromatic amines is 1. The van der Waals surface area contributed by atoms with Gasteiger partial charge in [0.05, 0.1) is 30.2 Å². The predicted octanol–water partition coefficient (Wildman–Crippen LogP) is 4.44. The van der Waals surface area contributed by atoms with Crippen LogP contribution in [0.3, 0.4) is 0 Å². The van der Waals surface area contributed by atoms with Gasteiger partial charge in [0.1, 0.15) is 0 Å². The van der Waals surface area contributed by atoms with Crippen molar-refractivity contribution in [2.24, 2.45) is 0 Å². The summed E-state index contributed by atoms with van der Waals surface area (Å²) in [7, 11) is 3.04. The van der Waals surface area contributed by atoms with Crippen molar-refractivity contribution in [1.82, 2.24) is 9.97 Å². The quantitative estimate of drug-likeness (QED) is 0.676. The van der Waals surface area contributed by atoms with Crippen LogP contribution in [0.15, 0.2) is 45.7 Å². The highest BCUT2D eigenvalue weighted by molar-refractivity contribution is 9.10. The molecule has 5 nitrogen and oxygen atoms in total. The van der Waals surface area contributed by atoms with E-state index in [4.69, 9.17) is 21.1 Å². The number of hydrogen-bond acceptors (Lipinski definition) is 4. The average Bonchev–Trinajstić information content (AvgIpc) is 2.62. The Morgan fingerprint density at radius 2 is 1.88 bits per heavy atom. The highest BCUT2D eigenvalue weighted by Crippen LogP contribution is 2.31. The summed E-state index contributed by atoms with van der Waals surface area (Å²) in [5, 5.41) is 0.715. The van der Waals surface area contributed by atoms with Crippen molar-refractivity contribution in [3.8, 4) is 11.5 Å². The fraction of sp³-hybridized carbons (Fsp3) is 0.111. The topological polar surface area (TPSA) is 64.2 Å². The molecule has 0 saturated heterocycles. The van der Waals surface area contributed by atoms with Crippen molar-refractivity contribution in [2.75, 3.05) is 14.2 Å². The van der Waals surface area contributed by atoms with Crippen molar-refractivity contribution < 1.29 is 9.47 Å². The maximum atomic E-state index is 12.4. The minimum atomic E-state index is -0.306. The van der Waals surface area contributed by atoms with Crippen molar-refractivity contribution in [3.63, 3.8) is 0 Å². The second kappa shape index (κ2) is 7.29. The molecule has 0 aliphatic carbocycles. The van der Waals surface area contributed by atoms with Gasteiger partial charge in [-0.15, -0.1) is 0 Å². The van der Waals surface area contributed by atoms with E-state index in [0.29, 0.717) is 27.4 Å². The van der Waals surface area contributed by atoms with E-state index < -0.39 is 0 Å². The molecular formula is C18H14BrClN2O3. The molecule has 0 bridgehead atoms. The summed E-state index contributed by atoms with van der Waals surface area (Å²) in [6, 6.07) is 10.9. The Morgan fingerprint density at radius 3 is 2.56 bits per heavy atom. The summed E-state index contributed by atoms with van der Waals surface area (Å²) in [6.07, 6.45) is 1.73. The van der Waals surface area contributed by atoms with E-state index in [9.17, 15) is 4.79 Å². The zero-order valence-corrected chi connectivity index (χ0v) is 15.8. The largest absolute Gasteiger partial charge is 0.493 e. The first kappa shape index (κ1) is 17.5. The van der Waals surface area contributed by atoms with Crippen molar-refractivity contribution in [3.05, 3.63) is 62.6 Å². The van der Waals surface area contributed by atoms with Crippen molar-refractivity contribution >= 4 is 49.5 Å². The van der Waals surface area contributed by atoms with Gasteiger partial charge in [-0.1, -0.05) is 45.7 Å². The lowest BCUT2D eigenvalue weighted by atomic mass is 10.2. The van der Waals surface area contributed by atoms with E-state index in [0.717, 1.165) is 10.0 Å². The Hall–Kier alpha value is -2.31. The Labute approximate surface area is 157 Å². The van der Waals surface area contributed by atoms with Crippen LogP contribution in [0, 0.1) is 0 Å². The molecule has 0 spiro atoms. The third kappa shape index (κ3) is 3.55. The summed E-state index contributed by atoms with van der Waals surface area (Å²) in [5.41, 5.74) is 1.04. The monoisotopic (exact) mass is 420 g/mol. The van der Waals surface area contributed by atoms with E-state index >= 15 is 0 Å². The maximum Gasteiger partial charge on any atom is 0.259 e. The van der Waals surface area contributed by atoms with E-state index in [1.165, 1.54) is 14.2 Å². The van der Waals surface area contributed by atoms with Crippen LogP contribution in [-0.2, 0) is 0 Å². The summed E-state index contributed by atoms with van der Waals surface area (Å²) < 4.78 is 11.4. The molecule has 0 aliphatic rings. The summed E-state index contributed by atoms with van der Waals surface area (Å²) in [4.78, 5) is 19.5. The molecule has 0 fully saturated rings. The molecule has 25 heavy (non-hydrogen) atoms. The first-order chi connectivity index (χ1) is 12.0. The highest BCUT2D eigenvalue weighted by Gasteiger charge is 2.12. The number of H-pyrrole nitrogens is 1. The van der Waals surface area contributed by atoms with Gasteiger partial charge in [-0.05, 0) is 23.8 Å². The van der Waals surface area contributed by atoms with Gasteiger partial charge in [-0.2, -0.15) is 0 Å². The summed E-state index contributed by atoms with van der Waals surface area (Å²) in [5.74, 6) is 1.23. The van der Waals surface area contributed by atoms with Gasteiger partial charge in [0.25, 0.3) is 5.56 Å². The molecule has 128 valence electrons. The smallest absolute Gasteiger partial charge is 0.259 e.